The minimum absolute atomic E-state index is 0.264. The number of methoxy groups -OCH3 is 1. The molecule has 0 aliphatic carbocycles. The zero-order valence-corrected chi connectivity index (χ0v) is 18.8. The second kappa shape index (κ2) is 11.5. The molecule has 34 heavy (non-hydrogen) atoms. The third-order valence-corrected chi connectivity index (χ3v) is 4.91. The van der Waals surface area contributed by atoms with E-state index >= 15 is 0 Å². The molecular formula is C24H21ClN4O5. The topological polar surface area (TPSA) is 132 Å². The third kappa shape index (κ3) is 6.57. The van der Waals surface area contributed by atoms with Gasteiger partial charge in [0.15, 0.2) is 11.5 Å². The second-order valence-electron chi connectivity index (χ2n) is 6.89. The van der Waals surface area contributed by atoms with E-state index in [4.69, 9.17) is 26.8 Å². The predicted octanol–water partition coefficient (Wildman–Crippen LogP) is 3.12. The van der Waals surface area contributed by atoms with Gasteiger partial charge in [-0.3, -0.25) is 14.4 Å². The highest BCUT2D eigenvalue weighted by molar-refractivity contribution is 6.39. The molecule has 3 amide bonds. The fourth-order valence-electron chi connectivity index (χ4n) is 2.78. The highest BCUT2D eigenvalue weighted by Gasteiger charge is 2.13. The van der Waals surface area contributed by atoms with Gasteiger partial charge < -0.3 is 20.5 Å². The van der Waals surface area contributed by atoms with Gasteiger partial charge >= 0.3 is 11.8 Å². The van der Waals surface area contributed by atoms with Crippen LogP contribution in [0.1, 0.15) is 21.5 Å². The van der Waals surface area contributed by atoms with Crippen molar-refractivity contribution in [2.24, 2.45) is 10.8 Å². The molecule has 0 spiro atoms. The Labute approximate surface area is 200 Å². The summed E-state index contributed by atoms with van der Waals surface area (Å²) in [7, 11) is 1.50. The molecule has 3 rings (SSSR count). The molecule has 0 aromatic heterocycles. The van der Waals surface area contributed by atoms with Gasteiger partial charge in [-0.15, -0.1) is 0 Å². The lowest BCUT2D eigenvalue weighted by Gasteiger charge is -2.12. The smallest absolute Gasteiger partial charge is 0.329 e. The second-order valence-corrected chi connectivity index (χ2v) is 7.29. The summed E-state index contributed by atoms with van der Waals surface area (Å²) in [6.07, 6.45) is 1.35. The number of nitrogens with two attached hydrogens (primary N) is 1. The summed E-state index contributed by atoms with van der Waals surface area (Å²) in [5, 5.41) is 6.79. The molecular weight excluding hydrogens is 460 g/mol. The summed E-state index contributed by atoms with van der Waals surface area (Å²) >= 11 is 6.15. The van der Waals surface area contributed by atoms with Crippen LogP contribution < -0.4 is 25.9 Å². The van der Waals surface area contributed by atoms with Gasteiger partial charge in [0.1, 0.15) is 6.61 Å². The van der Waals surface area contributed by atoms with E-state index in [0.717, 1.165) is 5.56 Å². The van der Waals surface area contributed by atoms with Gasteiger partial charge in [-0.2, -0.15) is 5.10 Å². The number of nitrogens with one attached hydrogen (secondary N) is 2. The van der Waals surface area contributed by atoms with Crippen LogP contribution in [0, 0.1) is 0 Å². The van der Waals surface area contributed by atoms with Gasteiger partial charge in [-0.1, -0.05) is 29.8 Å². The van der Waals surface area contributed by atoms with E-state index in [1.807, 2.05) is 18.2 Å². The van der Waals surface area contributed by atoms with Crippen LogP contribution in [-0.2, 0) is 16.2 Å². The van der Waals surface area contributed by atoms with E-state index in [1.165, 1.54) is 37.6 Å². The molecule has 174 valence electrons. The molecule has 0 unspecified atom stereocenters. The summed E-state index contributed by atoms with van der Waals surface area (Å²) < 4.78 is 11.2. The Morgan fingerprint density at radius 1 is 1.00 bits per heavy atom. The van der Waals surface area contributed by atoms with E-state index in [2.05, 4.69) is 15.8 Å². The van der Waals surface area contributed by atoms with E-state index in [-0.39, 0.29) is 12.2 Å². The Kier molecular flexibility index (Phi) is 8.20. The maximum absolute atomic E-state index is 12.0. The SMILES string of the molecule is COc1cc(C=NNC(=O)C(=O)Nc2ccc(C(N)=O)cc2)ccc1OCc1ccccc1Cl. The molecule has 10 heteroatoms. The van der Waals surface area contributed by atoms with Crippen LogP contribution in [-0.4, -0.2) is 31.0 Å². The minimum atomic E-state index is -0.970. The molecule has 0 fully saturated rings. The van der Waals surface area contributed by atoms with Gasteiger partial charge in [0, 0.05) is 21.8 Å². The average molecular weight is 481 g/mol. The van der Waals surface area contributed by atoms with Crippen molar-refractivity contribution in [3.05, 3.63) is 88.4 Å². The molecule has 3 aromatic rings. The summed E-state index contributed by atoms with van der Waals surface area (Å²) in [6, 6.07) is 18.2. The number of rotatable bonds is 8. The Bertz CT molecular complexity index is 1230. The number of hydrogen-bond donors (Lipinski definition) is 3. The number of hydrogen-bond acceptors (Lipinski definition) is 6. The molecule has 0 heterocycles. The van der Waals surface area contributed by atoms with Gasteiger partial charge in [0.25, 0.3) is 0 Å². The van der Waals surface area contributed by atoms with Crippen molar-refractivity contribution >= 4 is 41.2 Å². The first-order valence-electron chi connectivity index (χ1n) is 9.96. The molecule has 0 atom stereocenters. The number of benzene rings is 3. The van der Waals surface area contributed by atoms with Crippen LogP contribution in [0.25, 0.3) is 0 Å². The summed E-state index contributed by atoms with van der Waals surface area (Å²) in [5.41, 5.74) is 9.35. The zero-order valence-electron chi connectivity index (χ0n) is 18.1. The molecule has 4 N–H and O–H groups in total. The lowest BCUT2D eigenvalue weighted by atomic mass is 10.2. The van der Waals surface area contributed by atoms with Gasteiger partial charge in [0.05, 0.1) is 13.3 Å². The highest BCUT2D eigenvalue weighted by atomic mass is 35.5. The fraction of sp³-hybridized carbons (Fsp3) is 0.0833. The van der Waals surface area contributed by atoms with Crippen molar-refractivity contribution in [3.8, 4) is 11.5 Å². The van der Waals surface area contributed by atoms with Crippen molar-refractivity contribution in [1.82, 2.24) is 5.43 Å². The number of halogens is 1. The number of nitrogens with zero attached hydrogens (tertiary/aromatic N) is 1. The van der Waals surface area contributed by atoms with Crippen molar-refractivity contribution in [2.75, 3.05) is 12.4 Å². The standard InChI is InChI=1S/C24H21ClN4O5/c1-33-21-12-15(6-11-20(21)34-14-17-4-2-3-5-19(17)25)13-27-29-24(32)23(31)28-18-9-7-16(8-10-18)22(26)30/h2-13H,14H2,1H3,(H2,26,30)(H,28,31)(H,29,32). The van der Waals surface area contributed by atoms with Crippen LogP contribution in [0.2, 0.25) is 5.02 Å². The summed E-state index contributed by atoms with van der Waals surface area (Å²) in [6.45, 7) is 0.264. The first-order chi connectivity index (χ1) is 16.4. The number of hydrazone groups is 1. The molecule has 0 saturated heterocycles. The minimum Gasteiger partial charge on any atom is -0.493 e. The number of primary amides is 1. The third-order valence-electron chi connectivity index (χ3n) is 4.54. The monoisotopic (exact) mass is 480 g/mol. The van der Waals surface area contributed by atoms with Crippen LogP contribution in [0.3, 0.4) is 0 Å². The molecule has 0 aliphatic heterocycles. The lowest BCUT2D eigenvalue weighted by Crippen LogP contribution is -2.32. The largest absolute Gasteiger partial charge is 0.493 e. The molecule has 3 aromatic carbocycles. The van der Waals surface area contributed by atoms with Crippen LogP contribution in [0.4, 0.5) is 5.69 Å². The van der Waals surface area contributed by atoms with Crippen molar-refractivity contribution in [1.29, 1.82) is 0 Å². The zero-order chi connectivity index (χ0) is 24.5. The molecule has 0 bridgehead atoms. The van der Waals surface area contributed by atoms with E-state index < -0.39 is 17.7 Å². The Hall–Kier alpha value is -4.37. The van der Waals surface area contributed by atoms with Crippen molar-refractivity contribution in [3.63, 3.8) is 0 Å². The first kappa shape index (κ1) is 24.3. The average Bonchev–Trinajstić information content (AvgIpc) is 2.84. The maximum atomic E-state index is 12.0. The molecule has 0 aliphatic rings. The van der Waals surface area contributed by atoms with Crippen molar-refractivity contribution < 1.29 is 23.9 Å². The van der Waals surface area contributed by atoms with Crippen LogP contribution in [0.5, 0.6) is 11.5 Å². The van der Waals surface area contributed by atoms with E-state index in [1.54, 1.807) is 24.3 Å². The van der Waals surface area contributed by atoms with E-state index in [9.17, 15) is 14.4 Å². The van der Waals surface area contributed by atoms with Gasteiger partial charge in [-0.05, 0) is 54.1 Å². The van der Waals surface area contributed by atoms with Crippen molar-refractivity contribution in [2.45, 2.75) is 6.61 Å². The Morgan fingerprint density at radius 2 is 1.74 bits per heavy atom. The van der Waals surface area contributed by atoms with Gasteiger partial charge in [-0.25, -0.2) is 5.43 Å². The number of carbonyl (C=O) groups is 3. The first-order valence-corrected chi connectivity index (χ1v) is 10.3. The lowest BCUT2D eigenvalue weighted by molar-refractivity contribution is -0.136. The molecule has 9 nitrogen and oxygen atoms in total. The maximum Gasteiger partial charge on any atom is 0.329 e. The van der Waals surface area contributed by atoms with Crippen LogP contribution in [0.15, 0.2) is 71.8 Å². The normalized spacial score (nSPS) is 10.5. The Morgan fingerprint density at radius 3 is 2.41 bits per heavy atom. The summed E-state index contributed by atoms with van der Waals surface area (Å²) in [4.78, 5) is 35.0. The molecule has 0 saturated carbocycles. The number of carbonyl (C=O) groups excluding carboxylic acids is 3. The fourth-order valence-corrected chi connectivity index (χ4v) is 2.97. The van der Waals surface area contributed by atoms with Gasteiger partial charge in [0.2, 0.25) is 5.91 Å². The Balaban J connectivity index is 1.56. The number of anilines is 1. The highest BCUT2D eigenvalue weighted by Crippen LogP contribution is 2.29. The summed E-state index contributed by atoms with van der Waals surface area (Å²) in [5.74, 6) is -1.53. The molecule has 0 radical (unpaired) electrons. The predicted molar refractivity (Wildman–Crippen MR) is 128 cm³/mol. The quantitative estimate of drug-likeness (QED) is 0.259. The van der Waals surface area contributed by atoms with E-state index in [0.29, 0.717) is 27.8 Å². The number of ether oxygens (including phenoxy) is 2. The number of amides is 3. The van der Waals surface area contributed by atoms with Crippen LogP contribution >= 0.6 is 11.6 Å².